The van der Waals surface area contributed by atoms with Gasteiger partial charge in [-0.25, -0.2) is 4.98 Å². The first kappa shape index (κ1) is 19.4. The summed E-state index contributed by atoms with van der Waals surface area (Å²) in [7, 11) is 1.59. The summed E-state index contributed by atoms with van der Waals surface area (Å²) in [5.74, 6) is 0.835. The van der Waals surface area contributed by atoms with Crippen LogP contribution in [-0.2, 0) is 11.2 Å². The Labute approximate surface area is 174 Å². The molecular weight excluding hydrogens is 380 g/mol. The molecule has 0 spiro atoms. The van der Waals surface area contributed by atoms with Crippen molar-refractivity contribution in [3.63, 3.8) is 0 Å². The molecule has 152 valence electrons. The van der Waals surface area contributed by atoms with Gasteiger partial charge in [-0.05, 0) is 54.4 Å². The molecule has 1 aromatic heterocycles. The Morgan fingerprint density at radius 3 is 2.73 bits per heavy atom. The van der Waals surface area contributed by atoms with Gasteiger partial charge in [0.05, 0.1) is 18.4 Å². The number of carbonyl (C=O) groups is 2. The van der Waals surface area contributed by atoms with E-state index in [1.807, 2.05) is 42.5 Å². The summed E-state index contributed by atoms with van der Waals surface area (Å²) in [4.78, 5) is 30.8. The first-order chi connectivity index (χ1) is 14.6. The number of hydrogen-bond acceptors (Lipinski definition) is 5. The molecule has 0 fully saturated rings. The number of nitrogens with one attached hydrogen (secondary N) is 2. The topological polar surface area (TPSA) is 83.6 Å². The highest BCUT2D eigenvalue weighted by molar-refractivity contribution is 6.08. The Kier molecular flexibility index (Phi) is 5.34. The van der Waals surface area contributed by atoms with Crippen LogP contribution in [0.3, 0.4) is 0 Å². The van der Waals surface area contributed by atoms with Crippen LogP contribution in [0.5, 0.6) is 5.75 Å². The number of fused-ring (bicyclic) bond motifs is 1. The van der Waals surface area contributed by atoms with Gasteiger partial charge >= 0.3 is 0 Å². The van der Waals surface area contributed by atoms with Crippen LogP contribution in [0.4, 0.5) is 22.9 Å². The number of anilines is 4. The average Bonchev–Trinajstić information content (AvgIpc) is 3.18. The van der Waals surface area contributed by atoms with E-state index in [1.54, 1.807) is 37.3 Å². The fourth-order valence-electron chi connectivity index (χ4n) is 3.57. The highest BCUT2D eigenvalue weighted by Crippen LogP contribution is 2.31. The maximum atomic E-state index is 13.0. The Morgan fingerprint density at radius 1 is 1.10 bits per heavy atom. The monoisotopic (exact) mass is 402 g/mol. The molecule has 2 amide bonds. The van der Waals surface area contributed by atoms with E-state index >= 15 is 0 Å². The van der Waals surface area contributed by atoms with Gasteiger partial charge in [-0.2, -0.15) is 0 Å². The highest BCUT2D eigenvalue weighted by atomic mass is 16.5. The fraction of sp³-hybridized carbons (Fsp3) is 0.174. The largest absolute Gasteiger partial charge is 0.495 e. The maximum absolute atomic E-state index is 13.0. The van der Waals surface area contributed by atoms with Crippen LogP contribution in [0.2, 0.25) is 0 Å². The smallest absolute Gasteiger partial charge is 0.259 e. The quantitative estimate of drug-likeness (QED) is 0.674. The van der Waals surface area contributed by atoms with Crippen molar-refractivity contribution >= 4 is 34.7 Å². The van der Waals surface area contributed by atoms with Crippen molar-refractivity contribution in [3.05, 3.63) is 71.9 Å². The number of benzene rings is 2. The molecule has 1 aliphatic heterocycles. The minimum atomic E-state index is -0.276. The molecule has 30 heavy (non-hydrogen) atoms. The number of rotatable bonds is 5. The van der Waals surface area contributed by atoms with Gasteiger partial charge in [-0.15, -0.1) is 0 Å². The summed E-state index contributed by atoms with van der Waals surface area (Å²) in [5, 5.41) is 6.11. The van der Waals surface area contributed by atoms with Gasteiger partial charge in [0.1, 0.15) is 11.6 Å². The van der Waals surface area contributed by atoms with Crippen molar-refractivity contribution in [1.82, 2.24) is 4.98 Å². The number of methoxy groups -OCH3 is 1. The minimum Gasteiger partial charge on any atom is -0.495 e. The van der Waals surface area contributed by atoms with E-state index in [1.165, 1.54) is 0 Å². The van der Waals surface area contributed by atoms with Crippen molar-refractivity contribution in [2.45, 2.75) is 13.3 Å². The molecule has 0 saturated carbocycles. The van der Waals surface area contributed by atoms with E-state index in [2.05, 4.69) is 15.6 Å². The van der Waals surface area contributed by atoms with E-state index in [-0.39, 0.29) is 11.8 Å². The van der Waals surface area contributed by atoms with Gasteiger partial charge in [0, 0.05) is 31.0 Å². The van der Waals surface area contributed by atoms with Crippen LogP contribution in [-0.4, -0.2) is 30.5 Å². The van der Waals surface area contributed by atoms with E-state index in [9.17, 15) is 9.59 Å². The number of pyridine rings is 1. The summed E-state index contributed by atoms with van der Waals surface area (Å²) in [6.45, 7) is 2.22. The summed E-state index contributed by atoms with van der Waals surface area (Å²) in [5.41, 5.74) is 3.75. The van der Waals surface area contributed by atoms with Crippen molar-refractivity contribution in [1.29, 1.82) is 0 Å². The number of hydrogen-bond donors (Lipinski definition) is 2. The van der Waals surface area contributed by atoms with Crippen LogP contribution >= 0.6 is 0 Å². The molecule has 7 heteroatoms. The number of carbonyl (C=O) groups excluding carboxylic acids is 2. The Morgan fingerprint density at radius 2 is 1.93 bits per heavy atom. The van der Waals surface area contributed by atoms with E-state index in [0.717, 1.165) is 23.4 Å². The molecule has 0 unspecified atom stereocenters. The molecule has 4 rings (SSSR count). The lowest BCUT2D eigenvalue weighted by atomic mass is 10.1. The summed E-state index contributed by atoms with van der Waals surface area (Å²) >= 11 is 0. The van der Waals surface area contributed by atoms with Crippen LogP contribution in [0.1, 0.15) is 22.8 Å². The van der Waals surface area contributed by atoms with Gasteiger partial charge in [0.25, 0.3) is 5.91 Å². The van der Waals surface area contributed by atoms with Gasteiger partial charge < -0.3 is 20.3 Å². The molecule has 2 aromatic carbocycles. The normalized spacial score (nSPS) is 12.3. The average molecular weight is 402 g/mol. The van der Waals surface area contributed by atoms with E-state index < -0.39 is 0 Å². The van der Waals surface area contributed by atoms with Gasteiger partial charge in [-0.3, -0.25) is 9.59 Å². The standard InChI is InChI=1S/C23H22N4O3/c1-15(28)27-13-11-16-14-17(9-10-20(16)27)25-23(29)18-6-5-12-24-22(18)26-19-7-3-4-8-21(19)30-2/h3-10,12,14H,11,13H2,1-2H3,(H,24,26)(H,25,29). The molecule has 0 atom stereocenters. The summed E-state index contributed by atoms with van der Waals surface area (Å²) < 4.78 is 5.36. The number of ether oxygens (including phenoxy) is 1. The van der Waals surface area contributed by atoms with Crippen LogP contribution < -0.4 is 20.3 Å². The van der Waals surface area contributed by atoms with Gasteiger partial charge in [0.15, 0.2) is 0 Å². The zero-order valence-electron chi connectivity index (χ0n) is 16.8. The molecule has 2 N–H and O–H groups in total. The third-order valence-corrected chi connectivity index (χ3v) is 5.03. The lowest BCUT2D eigenvalue weighted by molar-refractivity contribution is -0.116. The van der Waals surface area contributed by atoms with Gasteiger partial charge in [-0.1, -0.05) is 12.1 Å². The predicted molar refractivity (Wildman–Crippen MR) is 117 cm³/mol. The van der Waals surface area contributed by atoms with Crippen molar-refractivity contribution in [3.8, 4) is 5.75 Å². The lowest BCUT2D eigenvalue weighted by Crippen LogP contribution is -2.25. The number of para-hydroxylation sites is 2. The molecule has 0 aliphatic carbocycles. The Bertz CT molecular complexity index is 1110. The summed E-state index contributed by atoms with van der Waals surface area (Å²) in [6, 6.07) is 16.5. The zero-order valence-corrected chi connectivity index (χ0v) is 16.8. The van der Waals surface area contributed by atoms with Crippen molar-refractivity contribution < 1.29 is 14.3 Å². The fourth-order valence-corrected chi connectivity index (χ4v) is 3.57. The Balaban J connectivity index is 1.56. The summed E-state index contributed by atoms with van der Waals surface area (Å²) in [6.07, 6.45) is 2.40. The van der Waals surface area contributed by atoms with E-state index in [0.29, 0.717) is 29.4 Å². The van der Waals surface area contributed by atoms with Gasteiger partial charge in [0.2, 0.25) is 5.91 Å². The first-order valence-electron chi connectivity index (χ1n) is 9.64. The number of amides is 2. The van der Waals surface area contributed by atoms with Crippen molar-refractivity contribution in [2.75, 3.05) is 29.2 Å². The van der Waals surface area contributed by atoms with Crippen molar-refractivity contribution in [2.24, 2.45) is 0 Å². The van der Waals surface area contributed by atoms with Crippen LogP contribution in [0.25, 0.3) is 0 Å². The second-order valence-corrected chi connectivity index (χ2v) is 6.94. The predicted octanol–water partition coefficient (Wildman–Crippen LogP) is 4.00. The lowest BCUT2D eigenvalue weighted by Gasteiger charge is -2.15. The first-order valence-corrected chi connectivity index (χ1v) is 9.64. The number of nitrogens with zero attached hydrogens (tertiary/aromatic N) is 2. The molecular formula is C23H22N4O3. The Hall–Kier alpha value is -3.87. The molecule has 0 bridgehead atoms. The third-order valence-electron chi connectivity index (χ3n) is 5.03. The molecule has 0 saturated heterocycles. The van der Waals surface area contributed by atoms with Crippen LogP contribution in [0.15, 0.2) is 60.8 Å². The molecule has 0 radical (unpaired) electrons. The minimum absolute atomic E-state index is 0.0213. The maximum Gasteiger partial charge on any atom is 0.259 e. The molecule has 3 aromatic rings. The second-order valence-electron chi connectivity index (χ2n) is 6.94. The SMILES string of the molecule is COc1ccccc1Nc1ncccc1C(=O)Nc1ccc2c(c1)CCN2C(C)=O. The molecule has 2 heterocycles. The molecule has 7 nitrogen and oxygen atoms in total. The highest BCUT2D eigenvalue weighted by Gasteiger charge is 2.22. The third kappa shape index (κ3) is 3.82. The number of aromatic nitrogens is 1. The van der Waals surface area contributed by atoms with Crippen LogP contribution in [0, 0.1) is 0 Å². The second kappa shape index (κ2) is 8.24. The van der Waals surface area contributed by atoms with E-state index in [4.69, 9.17) is 4.74 Å². The molecule has 1 aliphatic rings. The zero-order chi connectivity index (χ0) is 21.1.